The first-order valence-electron chi connectivity index (χ1n) is 10.7. The molecule has 4 aromatic carbocycles. The molecule has 0 aliphatic heterocycles. The van der Waals surface area contributed by atoms with Gasteiger partial charge in [0.25, 0.3) is 5.91 Å². The minimum atomic E-state index is -0.348. The second-order valence-corrected chi connectivity index (χ2v) is 7.83. The molecular weight excluding hydrogens is 448 g/mol. The molecule has 170 valence electrons. The van der Waals surface area contributed by atoms with Gasteiger partial charge in [0.1, 0.15) is 24.7 Å². The molecule has 0 unspecified atom stereocenters. The summed E-state index contributed by atoms with van der Waals surface area (Å²) >= 11 is 6.16. The fraction of sp³-hybridized carbons (Fsp3) is 0.0714. The number of carbonyl (C=O) groups excluding carboxylic acids is 1. The molecular formula is C28H23ClN2O3. The lowest BCUT2D eigenvalue weighted by molar-refractivity contribution is 0.0950. The van der Waals surface area contributed by atoms with Gasteiger partial charge in [-0.05, 0) is 53.6 Å². The molecule has 4 aromatic rings. The van der Waals surface area contributed by atoms with E-state index in [0.29, 0.717) is 35.3 Å². The van der Waals surface area contributed by atoms with Gasteiger partial charge in [-0.15, -0.1) is 0 Å². The van der Waals surface area contributed by atoms with E-state index in [1.165, 1.54) is 0 Å². The van der Waals surface area contributed by atoms with Crippen molar-refractivity contribution in [1.82, 2.24) is 5.43 Å². The molecule has 1 amide bonds. The lowest BCUT2D eigenvalue weighted by Crippen LogP contribution is -2.18. The standard InChI is InChI=1S/C28H23ClN2O3/c29-26-12-6-4-10-23(26)20-33-24-16-14-21(15-17-24)18-30-31-28(32)25-11-5-7-13-27(25)34-19-22-8-2-1-3-9-22/h1-18H,19-20H2,(H,31,32)/b30-18+. The maximum Gasteiger partial charge on any atom is 0.275 e. The van der Waals surface area contributed by atoms with Gasteiger partial charge in [0.2, 0.25) is 0 Å². The first-order chi connectivity index (χ1) is 16.7. The maximum atomic E-state index is 12.6. The quantitative estimate of drug-likeness (QED) is 0.232. The van der Waals surface area contributed by atoms with Gasteiger partial charge in [-0.3, -0.25) is 4.79 Å². The van der Waals surface area contributed by atoms with Crippen molar-refractivity contribution in [1.29, 1.82) is 0 Å². The lowest BCUT2D eigenvalue weighted by Gasteiger charge is -2.10. The van der Waals surface area contributed by atoms with Crippen LogP contribution in [0.5, 0.6) is 11.5 Å². The van der Waals surface area contributed by atoms with Gasteiger partial charge in [0, 0.05) is 10.6 Å². The average molecular weight is 471 g/mol. The highest BCUT2D eigenvalue weighted by Crippen LogP contribution is 2.20. The average Bonchev–Trinajstić information content (AvgIpc) is 2.88. The van der Waals surface area contributed by atoms with E-state index in [9.17, 15) is 4.79 Å². The molecule has 0 heterocycles. The van der Waals surface area contributed by atoms with Gasteiger partial charge in [-0.25, -0.2) is 5.43 Å². The normalized spacial score (nSPS) is 10.7. The number of carbonyl (C=O) groups is 1. The largest absolute Gasteiger partial charge is 0.489 e. The molecule has 5 nitrogen and oxygen atoms in total. The predicted octanol–water partition coefficient (Wildman–Crippen LogP) is 6.26. The summed E-state index contributed by atoms with van der Waals surface area (Å²) in [5, 5.41) is 4.75. The molecule has 34 heavy (non-hydrogen) atoms. The second-order valence-electron chi connectivity index (χ2n) is 7.42. The molecule has 0 radical (unpaired) electrons. The number of nitrogens with one attached hydrogen (secondary N) is 1. The number of hydrogen-bond acceptors (Lipinski definition) is 4. The Morgan fingerprint density at radius 2 is 1.50 bits per heavy atom. The molecule has 0 spiro atoms. The smallest absolute Gasteiger partial charge is 0.275 e. The van der Waals surface area contributed by atoms with Crippen LogP contribution in [-0.4, -0.2) is 12.1 Å². The molecule has 0 aliphatic carbocycles. The molecule has 0 aromatic heterocycles. The van der Waals surface area contributed by atoms with Crippen LogP contribution in [-0.2, 0) is 13.2 Å². The van der Waals surface area contributed by atoms with Crippen molar-refractivity contribution in [3.8, 4) is 11.5 Å². The maximum absolute atomic E-state index is 12.6. The molecule has 4 rings (SSSR count). The van der Waals surface area contributed by atoms with Crippen molar-refractivity contribution >= 4 is 23.7 Å². The van der Waals surface area contributed by atoms with Crippen LogP contribution in [0.2, 0.25) is 5.02 Å². The topological polar surface area (TPSA) is 59.9 Å². The number of hydrazone groups is 1. The summed E-state index contributed by atoms with van der Waals surface area (Å²) in [6, 6.07) is 31.8. The molecule has 1 N–H and O–H groups in total. The van der Waals surface area contributed by atoms with Crippen LogP contribution < -0.4 is 14.9 Å². The van der Waals surface area contributed by atoms with Crippen molar-refractivity contribution in [3.63, 3.8) is 0 Å². The van der Waals surface area contributed by atoms with Gasteiger partial charge < -0.3 is 9.47 Å². The van der Waals surface area contributed by atoms with Crippen LogP contribution >= 0.6 is 11.6 Å². The van der Waals surface area contributed by atoms with Gasteiger partial charge >= 0.3 is 0 Å². The minimum Gasteiger partial charge on any atom is -0.489 e. The minimum absolute atomic E-state index is 0.348. The van der Waals surface area contributed by atoms with Crippen LogP contribution in [0.3, 0.4) is 0 Å². The van der Waals surface area contributed by atoms with Gasteiger partial charge in [0.05, 0.1) is 11.8 Å². The summed E-state index contributed by atoms with van der Waals surface area (Å²) in [6.07, 6.45) is 1.57. The van der Waals surface area contributed by atoms with E-state index in [1.807, 2.05) is 84.9 Å². The first kappa shape index (κ1) is 23.1. The zero-order chi connectivity index (χ0) is 23.6. The van der Waals surface area contributed by atoms with E-state index in [0.717, 1.165) is 16.7 Å². The summed E-state index contributed by atoms with van der Waals surface area (Å²) in [5.41, 5.74) is 5.74. The molecule has 0 saturated carbocycles. The SMILES string of the molecule is O=C(N/N=C/c1ccc(OCc2ccccc2Cl)cc1)c1ccccc1OCc1ccccc1. The molecule has 0 fully saturated rings. The molecule has 0 atom stereocenters. The Kier molecular flexibility index (Phi) is 7.93. The highest BCUT2D eigenvalue weighted by Gasteiger charge is 2.11. The molecule has 0 aliphatic rings. The number of amides is 1. The Labute approximate surface area is 203 Å². The van der Waals surface area contributed by atoms with E-state index in [4.69, 9.17) is 21.1 Å². The Morgan fingerprint density at radius 3 is 2.29 bits per heavy atom. The monoisotopic (exact) mass is 470 g/mol. The Morgan fingerprint density at radius 1 is 0.794 bits per heavy atom. The number of halogens is 1. The van der Waals surface area contributed by atoms with Crippen LogP contribution in [0.25, 0.3) is 0 Å². The van der Waals surface area contributed by atoms with E-state index in [1.54, 1.807) is 24.4 Å². The summed E-state index contributed by atoms with van der Waals surface area (Å²) in [5.74, 6) is 0.865. The highest BCUT2D eigenvalue weighted by atomic mass is 35.5. The van der Waals surface area contributed by atoms with Crippen molar-refractivity contribution in [2.45, 2.75) is 13.2 Å². The highest BCUT2D eigenvalue weighted by molar-refractivity contribution is 6.31. The van der Waals surface area contributed by atoms with E-state index in [2.05, 4.69) is 10.5 Å². The van der Waals surface area contributed by atoms with Crippen molar-refractivity contribution in [3.05, 3.63) is 130 Å². The molecule has 0 saturated heterocycles. The van der Waals surface area contributed by atoms with Crippen LogP contribution in [0.1, 0.15) is 27.0 Å². The van der Waals surface area contributed by atoms with E-state index >= 15 is 0 Å². The fourth-order valence-corrected chi connectivity index (χ4v) is 3.36. The number of para-hydroxylation sites is 1. The molecule has 6 heteroatoms. The number of nitrogens with zero attached hydrogens (tertiary/aromatic N) is 1. The molecule has 0 bridgehead atoms. The lowest BCUT2D eigenvalue weighted by atomic mass is 10.2. The van der Waals surface area contributed by atoms with Crippen LogP contribution in [0.15, 0.2) is 108 Å². The predicted molar refractivity (Wildman–Crippen MR) is 135 cm³/mol. The van der Waals surface area contributed by atoms with Crippen molar-refractivity contribution in [2.75, 3.05) is 0 Å². The van der Waals surface area contributed by atoms with Crippen LogP contribution in [0.4, 0.5) is 0 Å². The van der Waals surface area contributed by atoms with Crippen molar-refractivity contribution in [2.24, 2.45) is 5.10 Å². The fourth-order valence-electron chi connectivity index (χ4n) is 3.17. The third kappa shape index (κ3) is 6.47. The third-order valence-electron chi connectivity index (χ3n) is 4.98. The number of hydrogen-bond donors (Lipinski definition) is 1. The van der Waals surface area contributed by atoms with E-state index in [-0.39, 0.29) is 5.91 Å². The Balaban J connectivity index is 1.31. The summed E-state index contributed by atoms with van der Waals surface area (Å²) in [6.45, 7) is 0.758. The third-order valence-corrected chi connectivity index (χ3v) is 5.35. The number of benzene rings is 4. The van der Waals surface area contributed by atoms with Crippen LogP contribution in [0, 0.1) is 0 Å². The van der Waals surface area contributed by atoms with Gasteiger partial charge in [-0.2, -0.15) is 5.10 Å². The summed E-state index contributed by atoms with van der Waals surface area (Å²) in [7, 11) is 0. The number of rotatable bonds is 9. The summed E-state index contributed by atoms with van der Waals surface area (Å²) in [4.78, 5) is 12.6. The Hall–Kier alpha value is -4.09. The van der Waals surface area contributed by atoms with E-state index < -0.39 is 0 Å². The second kappa shape index (κ2) is 11.7. The number of ether oxygens (including phenoxy) is 2. The first-order valence-corrected chi connectivity index (χ1v) is 11.1. The Bertz CT molecular complexity index is 1260. The van der Waals surface area contributed by atoms with Gasteiger partial charge in [-0.1, -0.05) is 72.3 Å². The van der Waals surface area contributed by atoms with Gasteiger partial charge in [0.15, 0.2) is 0 Å². The summed E-state index contributed by atoms with van der Waals surface area (Å²) < 4.78 is 11.6. The zero-order valence-corrected chi connectivity index (χ0v) is 19.1. The van der Waals surface area contributed by atoms with Crippen molar-refractivity contribution < 1.29 is 14.3 Å². The zero-order valence-electron chi connectivity index (χ0n) is 18.4.